The van der Waals surface area contributed by atoms with Crippen molar-refractivity contribution >= 4 is 5.91 Å². The van der Waals surface area contributed by atoms with Crippen LogP contribution < -0.4 is 16.0 Å². The third kappa shape index (κ3) is 1.09. The van der Waals surface area contributed by atoms with Crippen molar-refractivity contribution in [3.63, 3.8) is 0 Å². The van der Waals surface area contributed by atoms with Crippen molar-refractivity contribution in [1.82, 2.24) is 16.0 Å². The van der Waals surface area contributed by atoms with E-state index in [1.165, 1.54) is 0 Å². The van der Waals surface area contributed by atoms with Crippen LogP contribution in [0.25, 0.3) is 0 Å². The molecule has 0 unspecified atom stereocenters. The minimum Gasteiger partial charge on any atom is -0.385 e. The van der Waals surface area contributed by atoms with E-state index in [9.17, 15) is 4.79 Å². The first kappa shape index (κ1) is 6.67. The van der Waals surface area contributed by atoms with Crippen LogP contribution in [0.1, 0.15) is 0 Å². The second kappa shape index (κ2) is 2.54. The van der Waals surface area contributed by atoms with Crippen molar-refractivity contribution in [2.24, 2.45) is 0 Å². The second-order valence-corrected chi connectivity index (χ2v) is 2.74. The maximum atomic E-state index is 11.1. The normalized spacial score (nSPS) is 23.8. The highest BCUT2D eigenvalue weighted by molar-refractivity contribution is 5.97. The Morgan fingerprint density at radius 3 is 2.91 bits per heavy atom. The van der Waals surface area contributed by atoms with Gasteiger partial charge in [-0.2, -0.15) is 0 Å². The molecule has 0 radical (unpaired) electrons. The third-order valence-electron chi connectivity index (χ3n) is 2.01. The number of nitrogens with one attached hydrogen (secondary N) is 3. The van der Waals surface area contributed by atoms with Gasteiger partial charge >= 0.3 is 0 Å². The molecule has 1 amide bonds. The molecule has 0 aromatic rings. The number of carbonyl (C=O) groups excluding carboxylic acids is 1. The summed E-state index contributed by atoms with van der Waals surface area (Å²) in [5, 5.41) is 9.15. The molecular formula is C7H11N3O. The molecule has 0 fully saturated rings. The van der Waals surface area contributed by atoms with Crippen molar-refractivity contribution in [1.29, 1.82) is 0 Å². The molecular weight excluding hydrogens is 142 g/mol. The average molecular weight is 153 g/mol. The molecule has 0 atom stereocenters. The summed E-state index contributed by atoms with van der Waals surface area (Å²) in [6, 6.07) is 0. The van der Waals surface area contributed by atoms with Crippen LogP contribution >= 0.6 is 0 Å². The smallest absolute Gasteiger partial charge is 0.250 e. The molecule has 0 saturated carbocycles. The molecule has 2 rings (SSSR count). The van der Waals surface area contributed by atoms with E-state index < -0.39 is 0 Å². The Balaban J connectivity index is 2.22. The lowest BCUT2D eigenvalue weighted by molar-refractivity contribution is -0.116. The number of rotatable bonds is 0. The quantitative estimate of drug-likeness (QED) is 0.399. The number of amides is 1. The average Bonchev–Trinajstić information content (AvgIpc) is 2.25. The largest absolute Gasteiger partial charge is 0.385 e. The predicted molar refractivity (Wildman–Crippen MR) is 40.9 cm³/mol. The van der Waals surface area contributed by atoms with Gasteiger partial charge in [0.2, 0.25) is 0 Å². The molecule has 2 heterocycles. The van der Waals surface area contributed by atoms with Gasteiger partial charge < -0.3 is 16.0 Å². The first-order valence-electron chi connectivity index (χ1n) is 3.83. The first-order chi connectivity index (χ1) is 5.38. The van der Waals surface area contributed by atoms with Crippen LogP contribution in [0.15, 0.2) is 11.3 Å². The number of carbonyl (C=O) groups is 1. The Bertz CT molecular complexity index is 222. The molecule has 4 heteroatoms. The lowest BCUT2D eigenvalue weighted by atomic mass is 10.2. The molecule has 0 aromatic heterocycles. The summed E-state index contributed by atoms with van der Waals surface area (Å²) < 4.78 is 0. The molecule has 11 heavy (non-hydrogen) atoms. The van der Waals surface area contributed by atoms with Crippen LogP contribution in [-0.4, -0.2) is 32.1 Å². The van der Waals surface area contributed by atoms with Crippen LogP contribution in [0.3, 0.4) is 0 Å². The topological polar surface area (TPSA) is 53.2 Å². The van der Waals surface area contributed by atoms with Gasteiger partial charge in [0.1, 0.15) is 0 Å². The van der Waals surface area contributed by atoms with E-state index in [0.29, 0.717) is 13.1 Å². The molecule has 0 saturated heterocycles. The SMILES string of the molecule is O=C1NCC2=C1CNCCN2. The van der Waals surface area contributed by atoms with Gasteiger partial charge in [-0.1, -0.05) is 0 Å². The van der Waals surface area contributed by atoms with Crippen molar-refractivity contribution < 1.29 is 4.79 Å². The highest BCUT2D eigenvalue weighted by Gasteiger charge is 2.22. The van der Waals surface area contributed by atoms with Crippen molar-refractivity contribution in [2.45, 2.75) is 0 Å². The van der Waals surface area contributed by atoms with Crippen molar-refractivity contribution in [2.75, 3.05) is 26.2 Å². The predicted octanol–water partition coefficient (Wildman–Crippen LogP) is -1.44. The van der Waals surface area contributed by atoms with Crippen LogP contribution in [0, 0.1) is 0 Å². The van der Waals surface area contributed by atoms with E-state index in [0.717, 1.165) is 24.4 Å². The zero-order chi connectivity index (χ0) is 7.68. The summed E-state index contributed by atoms with van der Waals surface area (Å²) in [6.07, 6.45) is 0. The van der Waals surface area contributed by atoms with Gasteiger partial charge in [0.05, 0.1) is 12.1 Å². The van der Waals surface area contributed by atoms with Gasteiger partial charge in [-0.15, -0.1) is 0 Å². The summed E-state index contributed by atoms with van der Waals surface area (Å²) in [6.45, 7) is 3.22. The molecule has 0 aliphatic carbocycles. The standard InChI is InChI=1S/C7H11N3O/c11-7-5-3-8-1-2-9-6(5)4-10-7/h8-9H,1-4H2,(H,10,11). The fourth-order valence-corrected chi connectivity index (χ4v) is 1.39. The summed E-state index contributed by atoms with van der Waals surface area (Å²) in [5.41, 5.74) is 1.95. The maximum absolute atomic E-state index is 11.1. The van der Waals surface area contributed by atoms with Gasteiger partial charge in [0.25, 0.3) is 5.91 Å². The Kier molecular flexibility index (Phi) is 1.54. The monoisotopic (exact) mass is 153 g/mol. The molecule has 60 valence electrons. The van der Waals surface area contributed by atoms with Crippen LogP contribution in [0.4, 0.5) is 0 Å². The summed E-state index contributed by atoms with van der Waals surface area (Å²) in [7, 11) is 0. The van der Waals surface area contributed by atoms with Crippen molar-refractivity contribution in [3.8, 4) is 0 Å². The summed E-state index contributed by atoms with van der Waals surface area (Å²) in [4.78, 5) is 11.1. The lowest BCUT2D eigenvalue weighted by Crippen LogP contribution is -2.29. The molecule has 2 aliphatic heterocycles. The van der Waals surface area contributed by atoms with E-state index in [1.807, 2.05) is 0 Å². The fourth-order valence-electron chi connectivity index (χ4n) is 1.39. The minimum atomic E-state index is 0.0712. The Morgan fingerprint density at radius 2 is 2.00 bits per heavy atom. The Hall–Kier alpha value is -1.03. The Morgan fingerprint density at radius 1 is 1.09 bits per heavy atom. The molecule has 0 spiro atoms. The number of hydrogen-bond acceptors (Lipinski definition) is 3. The minimum absolute atomic E-state index is 0.0712. The van der Waals surface area contributed by atoms with Crippen molar-refractivity contribution in [3.05, 3.63) is 11.3 Å². The summed E-state index contributed by atoms with van der Waals surface area (Å²) >= 11 is 0. The van der Waals surface area contributed by atoms with E-state index in [1.54, 1.807) is 0 Å². The van der Waals surface area contributed by atoms with E-state index >= 15 is 0 Å². The number of hydrogen-bond donors (Lipinski definition) is 3. The summed E-state index contributed by atoms with van der Waals surface area (Å²) in [5.74, 6) is 0.0712. The van der Waals surface area contributed by atoms with E-state index in [-0.39, 0.29) is 5.91 Å². The molecule has 3 N–H and O–H groups in total. The zero-order valence-corrected chi connectivity index (χ0v) is 6.24. The van der Waals surface area contributed by atoms with Gasteiger partial charge in [-0.3, -0.25) is 4.79 Å². The Labute approximate surface area is 65.0 Å². The molecule has 4 nitrogen and oxygen atoms in total. The van der Waals surface area contributed by atoms with Crippen LogP contribution in [0.2, 0.25) is 0 Å². The van der Waals surface area contributed by atoms with E-state index in [4.69, 9.17) is 0 Å². The van der Waals surface area contributed by atoms with Crippen LogP contribution in [-0.2, 0) is 4.79 Å². The van der Waals surface area contributed by atoms with E-state index in [2.05, 4.69) is 16.0 Å². The molecule has 2 aliphatic rings. The van der Waals surface area contributed by atoms with Gasteiger partial charge in [-0.25, -0.2) is 0 Å². The second-order valence-electron chi connectivity index (χ2n) is 2.74. The highest BCUT2D eigenvalue weighted by Crippen LogP contribution is 2.08. The highest BCUT2D eigenvalue weighted by atomic mass is 16.2. The molecule has 0 aromatic carbocycles. The lowest BCUT2D eigenvalue weighted by Gasteiger charge is -2.02. The third-order valence-corrected chi connectivity index (χ3v) is 2.01. The van der Waals surface area contributed by atoms with Crippen LogP contribution in [0.5, 0.6) is 0 Å². The maximum Gasteiger partial charge on any atom is 0.250 e. The zero-order valence-electron chi connectivity index (χ0n) is 6.24. The van der Waals surface area contributed by atoms with Gasteiger partial charge in [0.15, 0.2) is 0 Å². The molecule has 0 bridgehead atoms. The fraction of sp³-hybridized carbons (Fsp3) is 0.571. The first-order valence-corrected chi connectivity index (χ1v) is 3.83. The van der Waals surface area contributed by atoms with Gasteiger partial charge in [-0.05, 0) is 0 Å². The van der Waals surface area contributed by atoms with Gasteiger partial charge in [0, 0.05) is 25.3 Å².